The Balaban J connectivity index is 2.38. The zero-order valence-corrected chi connectivity index (χ0v) is 14.3. The molecule has 0 saturated heterocycles. The second kappa shape index (κ2) is 7.77. The summed E-state index contributed by atoms with van der Waals surface area (Å²) >= 11 is 5.78. The zero-order valence-electron chi connectivity index (χ0n) is 13.6. The molecule has 12 heteroatoms. The molecule has 0 radical (unpaired) electrons. The predicted molar refractivity (Wildman–Crippen MR) is 86.9 cm³/mol. The lowest BCUT2D eigenvalue weighted by Crippen LogP contribution is -2.22. The first kappa shape index (κ1) is 21.0. The first-order chi connectivity index (χ1) is 12.4. The lowest BCUT2D eigenvalue weighted by molar-refractivity contribution is -0.141. The standard InChI is InChI=1S/C15H13ClF6N4O/c1-7(6-27)23-13-25-11(15(20,21)22)5-12(26-13)24-10-3-2-8(4-9(10)16)14(17,18)19/h2-5,7,27H,6H2,1H3,(H2,23,24,25,26)/t7-/m0/s1. The number of nitrogens with zero attached hydrogens (tertiary/aromatic N) is 2. The maximum absolute atomic E-state index is 13.0. The van der Waals surface area contributed by atoms with Gasteiger partial charge in [0.1, 0.15) is 5.82 Å². The van der Waals surface area contributed by atoms with Gasteiger partial charge in [-0.25, -0.2) is 4.98 Å². The fraction of sp³-hybridized carbons (Fsp3) is 0.333. The molecule has 27 heavy (non-hydrogen) atoms. The number of aliphatic hydroxyl groups excluding tert-OH is 1. The van der Waals surface area contributed by atoms with Gasteiger partial charge in [0.15, 0.2) is 5.69 Å². The van der Waals surface area contributed by atoms with Gasteiger partial charge in [-0.2, -0.15) is 31.3 Å². The molecule has 5 nitrogen and oxygen atoms in total. The Morgan fingerprint density at radius 2 is 1.74 bits per heavy atom. The number of aromatic nitrogens is 2. The van der Waals surface area contributed by atoms with Crippen LogP contribution in [0.4, 0.5) is 43.8 Å². The smallest absolute Gasteiger partial charge is 0.394 e. The third-order valence-corrected chi connectivity index (χ3v) is 3.54. The number of anilines is 3. The van der Waals surface area contributed by atoms with Crippen molar-refractivity contribution in [1.29, 1.82) is 0 Å². The van der Waals surface area contributed by atoms with E-state index < -0.39 is 35.6 Å². The number of nitrogens with one attached hydrogen (secondary N) is 2. The van der Waals surface area contributed by atoms with E-state index in [0.29, 0.717) is 12.1 Å². The molecule has 0 aliphatic rings. The largest absolute Gasteiger partial charge is 0.433 e. The lowest BCUT2D eigenvalue weighted by atomic mass is 10.2. The minimum atomic E-state index is -4.79. The Hall–Kier alpha value is -2.27. The molecule has 0 unspecified atom stereocenters. The molecule has 1 atom stereocenters. The van der Waals surface area contributed by atoms with E-state index >= 15 is 0 Å². The van der Waals surface area contributed by atoms with Crippen LogP contribution in [0.3, 0.4) is 0 Å². The fourth-order valence-electron chi connectivity index (χ4n) is 1.92. The Morgan fingerprint density at radius 1 is 1.07 bits per heavy atom. The quantitative estimate of drug-likeness (QED) is 0.618. The summed E-state index contributed by atoms with van der Waals surface area (Å²) < 4.78 is 77.1. The molecule has 0 fully saturated rings. The van der Waals surface area contributed by atoms with E-state index in [0.717, 1.165) is 12.1 Å². The van der Waals surface area contributed by atoms with E-state index in [9.17, 15) is 26.3 Å². The molecule has 0 amide bonds. The molecule has 1 aromatic carbocycles. The molecule has 2 aromatic rings. The van der Waals surface area contributed by atoms with Gasteiger partial charge in [-0.3, -0.25) is 0 Å². The number of alkyl halides is 6. The Kier molecular flexibility index (Phi) is 6.05. The predicted octanol–water partition coefficient (Wildman–Crippen LogP) is 4.70. The average Bonchev–Trinajstić information content (AvgIpc) is 2.54. The van der Waals surface area contributed by atoms with Crippen molar-refractivity contribution in [2.75, 3.05) is 17.2 Å². The van der Waals surface area contributed by atoms with E-state index in [-0.39, 0.29) is 23.1 Å². The molecule has 0 spiro atoms. The highest BCUT2D eigenvalue weighted by Gasteiger charge is 2.34. The van der Waals surface area contributed by atoms with Crippen LogP contribution >= 0.6 is 11.6 Å². The maximum atomic E-state index is 13.0. The second-order valence-electron chi connectivity index (χ2n) is 5.51. The van der Waals surface area contributed by atoms with E-state index in [1.165, 1.54) is 6.92 Å². The van der Waals surface area contributed by atoms with Gasteiger partial charge < -0.3 is 15.7 Å². The highest BCUT2D eigenvalue weighted by molar-refractivity contribution is 6.33. The first-order valence-corrected chi connectivity index (χ1v) is 7.75. The first-order valence-electron chi connectivity index (χ1n) is 7.37. The summed E-state index contributed by atoms with van der Waals surface area (Å²) in [6, 6.07) is 2.30. The van der Waals surface area contributed by atoms with Gasteiger partial charge in [0, 0.05) is 12.1 Å². The summed E-state index contributed by atoms with van der Waals surface area (Å²) in [7, 11) is 0. The van der Waals surface area contributed by atoms with Gasteiger partial charge in [0.25, 0.3) is 0 Å². The van der Waals surface area contributed by atoms with Crippen molar-refractivity contribution in [3.63, 3.8) is 0 Å². The Bertz CT molecular complexity index is 812. The van der Waals surface area contributed by atoms with Gasteiger partial charge >= 0.3 is 12.4 Å². The molecule has 1 heterocycles. The summed E-state index contributed by atoms with van der Waals surface area (Å²) in [5.74, 6) is -0.761. The molecule has 2 rings (SSSR count). The number of halogens is 7. The summed E-state index contributed by atoms with van der Waals surface area (Å²) in [5, 5.41) is 13.6. The van der Waals surface area contributed by atoms with Crippen LogP contribution in [-0.2, 0) is 12.4 Å². The topological polar surface area (TPSA) is 70.1 Å². The minimum Gasteiger partial charge on any atom is -0.394 e. The number of rotatable bonds is 5. The van der Waals surface area contributed by atoms with Crippen LogP contribution in [0, 0.1) is 0 Å². The number of benzene rings is 1. The van der Waals surface area contributed by atoms with Gasteiger partial charge in [0.2, 0.25) is 5.95 Å². The molecule has 148 valence electrons. The molecule has 3 N–H and O–H groups in total. The van der Waals surface area contributed by atoms with E-state index in [1.54, 1.807) is 0 Å². The van der Waals surface area contributed by atoms with Crippen LogP contribution in [-0.4, -0.2) is 27.7 Å². The molecule has 1 aromatic heterocycles. The van der Waals surface area contributed by atoms with Crippen LogP contribution in [0.5, 0.6) is 0 Å². The highest BCUT2D eigenvalue weighted by atomic mass is 35.5. The Morgan fingerprint density at radius 3 is 2.26 bits per heavy atom. The van der Waals surface area contributed by atoms with Crippen LogP contribution in [0.25, 0.3) is 0 Å². The van der Waals surface area contributed by atoms with Gasteiger partial charge in [-0.05, 0) is 25.1 Å². The lowest BCUT2D eigenvalue weighted by Gasteiger charge is -2.16. The average molecular weight is 415 g/mol. The molecular formula is C15H13ClF6N4O. The molecular weight excluding hydrogens is 402 g/mol. The summed E-state index contributed by atoms with van der Waals surface area (Å²) in [6.45, 7) is 1.11. The minimum absolute atomic E-state index is 0.0716. The van der Waals surface area contributed by atoms with E-state index in [1.807, 2.05) is 0 Å². The SMILES string of the molecule is C[C@@H](CO)Nc1nc(Nc2ccc(C(F)(F)F)cc2Cl)cc(C(F)(F)F)n1. The summed E-state index contributed by atoms with van der Waals surface area (Å²) in [5.41, 5.74) is -2.36. The van der Waals surface area contributed by atoms with Crippen LogP contribution in [0.1, 0.15) is 18.2 Å². The molecule has 0 bridgehead atoms. The number of hydrogen-bond acceptors (Lipinski definition) is 5. The zero-order chi connectivity index (χ0) is 20.4. The third kappa shape index (κ3) is 5.60. The second-order valence-corrected chi connectivity index (χ2v) is 5.91. The highest BCUT2D eigenvalue weighted by Crippen LogP contribution is 2.35. The molecule has 0 saturated carbocycles. The molecule has 0 aliphatic heterocycles. The number of aliphatic hydroxyl groups is 1. The monoisotopic (exact) mass is 414 g/mol. The van der Waals surface area contributed by atoms with Crippen LogP contribution in [0.2, 0.25) is 5.02 Å². The van der Waals surface area contributed by atoms with E-state index in [2.05, 4.69) is 20.6 Å². The third-order valence-electron chi connectivity index (χ3n) is 3.23. The molecule has 0 aliphatic carbocycles. The summed E-state index contributed by atoms with van der Waals surface area (Å²) in [6.07, 6.45) is -9.40. The fourth-order valence-corrected chi connectivity index (χ4v) is 2.15. The maximum Gasteiger partial charge on any atom is 0.433 e. The van der Waals surface area contributed by atoms with Crippen LogP contribution < -0.4 is 10.6 Å². The van der Waals surface area contributed by atoms with Gasteiger partial charge in [-0.1, -0.05) is 11.6 Å². The summed E-state index contributed by atoms with van der Waals surface area (Å²) in [4.78, 5) is 7.14. The van der Waals surface area contributed by atoms with Gasteiger partial charge in [-0.15, -0.1) is 0 Å². The van der Waals surface area contributed by atoms with Crippen molar-refractivity contribution in [3.8, 4) is 0 Å². The van der Waals surface area contributed by atoms with Crippen molar-refractivity contribution in [3.05, 3.63) is 40.5 Å². The van der Waals surface area contributed by atoms with Gasteiger partial charge in [0.05, 0.1) is 22.9 Å². The van der Waals surface area contributed by atoms with Crippen molar-refractivity contribution in [1.82, 2.24) is 9.97 Å². The Labute approximate surface area is 154 Å². The van der Waals surface area contributed by atoms with Crippen molar-refractivity contribution < 1.29 is 31.4 Å². The van der Waals surface area contributed by atoms with Crippen LogP contribution in [0.15, 0.2) is 24.3 Å². The normalized spacial score (nSPS) is 13.4. The van der Waals surface area contributed by atoms with Crippen molar-refractivity contribution in [2.24, 2.45) is 0 Å². The van der Waals surface area contributed by atoms with E-state index in [4.69, 9.17) is 16.7 Å². The van der Waals surface area contributed by atoms with Crippen molar-refractivity contribution >= 4 is 29.1 Å². The number of hydrogen-bond donors (Lipinski definition) is 3. The van der Waals surface area contributed by atoms with Crippen molar-refractivity contribution in [2.45, 2.75) is 25.3 Å².